The fourth-order valence-corrected chi connectivity index (χ4v) is 8.74. The van der Waals surface area contributed by atoms with Crippen molar-refractivity contribution in [2.75, 3.05) is 11.5 Å². The Morgan fingerprint density at radius 3 is 1.91 bits per heavy atom. The van der Waals surface area contributed by atoms with Crippen LogP contribution < -0.4 is 21.3 Å². The van der Waals surface area contributed by atoms with E-state index in [0.29, 0.717) is 11.3 Å². The molecule has 1 fully saturated rings. The van der Waals surface area contributed by atoms with E-state index >= 15 is 0 Å². The lowest BCUT2D eigenvalue weighted by molar-refractivity contribution is -0.143. The van der Waals surface area contributed by atoms with Gasteiger partial charge < -0.3 is 31.5 Å². The van der Waals surface area contributed by atoms with Gasteiger partial charge in [-0.2, -0.15) is 11.8 Å². The molecule has 1 aromatic carbocycles. The van der Waals surface area contributed by atoms with Crippen molar-refractivity contribution in [1.82, 2.24) is 21.3 Å². The van der Waals surface area contributed by atoms with Crippen LogP contribution in [0.25, 0.3) is 0 Å². The molecule has 13 heteroatoms. The minimum atomic E-state index is -1.46. The summed E-state index contributed by atoms with van der Waals surface area (Å²) < 4.78 is 0. The lowest BCUT2D eigenvalue weighted by Crippen LogP contribution is -2.58. The number of nitrogens with one attached hydrogen (secondary N) is 4. The number of aliphatic hydroxyl groups is 1. The molecule has 1 saturated carbocycles. The molecule has 0 radical (unpaired) electrons. The van der Waals surface area contributed by atoms with Gasteiger partial charge in [-0.3, -0.25) is 24.0 Å². The minimum Gasteiger partial charge on any atom is -0.480 e. The Balaban J connectivity index is 1.51. The van der Waals surface area contributed by atoms with E-state index in [2.05, 4.69) is 21.3 Å². The average Bonchev–Trinajstić information content (AvgIpc) is 3.84. The number of hydrogen-bond donors (Lipinski definition) is 6. The first-order valence-electron chi connectivity index (χ1n) is 18.7. The molecule has 1 spiro atoms. The van der Waals surface area contributed by atoms with Gasteiger partial charge in [0.25, 0.3) is 0 Å². The highest BCUT2D eigenvalue weighted by Crippen LogP contribution is 2.65. The van der Waals surface area contributed by atoms with Gasteiger partial charge in [0.1, 0.15) is 29.8 Å². The van der Waals surface area contributed by atoms with Gasteiger partial charge in [0.15, 0.2) is 5.78 Å². The van der Waals surface area contributed by atoms with E-state index in [1.807, 2.05) is 78.0 Å². The molecule has 1 aromatic rings. The molecule has 6 N–H and O–H groups in total. The Labute approximate surface area is 322 Å². The van der Waals surface area contributed by atoms with Crippen LogP contribution in [-0.4, -0.2) is 86.9 Å². The first kappa shape index (κ1) is 42.5. The number of Topliss-reactive ketones (excluding diaryl/α,β-unsaturated/α-hetero) is 1. The predicted molar refractivity (Wildman–Crippen MR) is 208 cm³/mol. The highest BCUT2D eigenvalue weighted by atomic mass is 32.2. The van der Waals surface area contributed by atoms with Crippen molar-refractivity contribution in [1.29, 1.82) is 0 Å². The monoisotopic (exact) mass is 764 g/mol. The van der Waals surface area contributed by atoms with Crippen LogP contribution in [0.15, 0.2) is 64.3 Å². The molecule has 12 nitrogen and oxygen atoms in total. The number of fused-ring (bicyclic) bond motifs is 1. The molecule has 4 amide bonds. The maximum atomic E-state index is 14.0. The van der Waals surface area contributed by atoms with Crippen molar-refractivity contribution in [2.24, 2.45) is 17.3 Å². The zero-order chi connectivity index (χ0) is 40.1. The Kier molecular flexibility index (Phi) is 13.8. The molecule has 0 saturated heterocycles. The third-order valence-corrected chi connectivity index (χ3v) is 11.7. The van der Waals surface area contributed by atoms with Gasteiger partial charge in [-0.25, -0.2) is 4.79 Å². The Morgan fingerprint density at radius 2 is 1.35 bits per heavy atom. The molecular formula is C41H56N4O8S. The second-order valence-electron chi connectivity index (χ2n) is 15.9. The number of aliphatic carboxylic acids is 1. The highest BCUT2D eigenvalue weighted by molar-refractivity contribution is 7.99. The summed E-state index contributed by atoms with van der Waals surface area (Å²) in [5.41, 5.74) is 2.97. The number of carbonyl (C=O) groups excluding carboxylic acids is 5. The van der Waals surface area contributed by atoms with Crippen LogP contribution in [0.3, 0.4) is 0 Å². The highest BCUT2D eigenvalue weighted by Gasteiger charge is 2.65. The molecule has 0 unspecified atom stereocenters. The summed E-state index contributed by atoms with van der Waals surface area (Å²) in [7, 11) is 0. The summed E-state index contributed by atoms with van der Waals surface area (Å²) in [6, 6.07) is 4.72. The molecule has 0 bridgehead atoms. The van der Waals surface area contributed by atoms with Crippen molar-refractivity contribution in [3.05, 3.63) is 69.8 Å². The molecular weight excluding hydrogens is 709 g/mol. The summed E-state index contributed by atoms with van der Waals surface area (Å²) in [5, 5.41) is 31.8. The van der Waals surface area contributed by atoms with Crippen molar-refractivity contribution in [2.45, 2.75) is 117 Å². The lowest BCUT2D eigenvalue weighted by Gasteiger charge is -2.39. The summed E-state index contributed by atoms with van der Waals surface area (Å²) >= 11 is 1.41. The van der Waals surface area contributed by atoms with Gasteiger partial charge >= 0.3 is 5.97 Å². The summed E-state index contributed by atoms with van der Waals surface area (Å²) in [4.78, 5) is 78.9. The first-order valence-corrected chi connectivity index (χ1v) is 19.9. The number of thioether (sulfide) groups is 1. The zero-order valence-corrected chi connectivity index (χ0v) is 33.4. The number of benzene rings is 1. The molecule has 3 aliphatic carbocycles. The van der Waals surface area contributed by atoms with E-state index in [1.165, 1.54) is 18.7 Å². The topological polar surface area (TPSA) is 191 Å². The van der Waals surface area contributed by atoms with Crippen LogP contribution in [0.2, 0.25) is 0 Å². The minimum absolute atomic E-state index is 0.00269. The largest absolute Gasteiger partial charge is 0.480 e. The van der Waals surface area contributed by atoms with Gasteiger partial charge in [-0.1, -0.05) is 63.6 Å². The van der Waals surface area contributed by atoms with Gasteiger partial charge in [-0.15, -0.1) is 0 Å². The maximum absolute atomic E-state index is 14.0. The van der Waals surface area contributed by atoms with Crippen molar-refractivity contribution in [3.8, 4) is 0 Å². The molecule has 54 heavy (non-hydrogen) atoms. The van der Waals surface area contributed by atoms with Crippen LogP contribution in [0.4, 0.5) is 0 Å². The molecule has 0 aliphatic heterocycles. The van der Waals surface area contributed by atoms with E-state index in [-0.39, 0.29) is 42.6 Å². The number of carbonyl (C=O) groups is 6. The third-order valence-electron chi connectivity index (χ3n) is 10.7. The van der Waals surface area contributed by atoms with Gasteiger partial charge in [0.05, 0.1) is 0 Å². The van der Waals surface area contributed by atoms with Gasteiger partial charge in [0, 0.05) is 35.8 Å². The average molecular weight is 765 g/mol. The van der Waals surface area contributed by atoms with Gasteiger partial charge in [0.2, 0.25) is 23.6 Å². The molecule has 0 aromatic heterocycles. The molecule has 0 heterocycles. The van der Waals surface area contributed by atoms with Crippen LogP contribution in [0.1, 0.15) is 86.6 Å². The molecule has 3 aliphatic rings. The van der Waals surface area contributed by atoms with E-state index in [1.54, 1.807) is 6.92 Å². The molecule has 5 atom stereocenters. The maximum Gasteiger partial charge on any atom is 0.326 e. The van der Waals surface area contributed by atoms with E-state index in [4.69, 9.17) is 0 Å². The smallest absolute Gasteiger partial charge is 0.326 e. The fraction of sp³-hybridized carbons (Fsp3) is 0.561. The molecule has 294 valence electrons. The third kappa shape index (κ3) is 9.70. The Morgan fingerprint density at radius 1 is 0.815 bits per heavy atom. The zero-order valence-electron chi connectivity index (χ0n) is 32.6. The quantitative estimate of drug-likeness (QED) is 0.129. The second kappa shape index (κ2) is 17.5. The number of ketones is 1. The summed E-state index contributed by atoms with van der Waals surface area (Å²) in [6.07, 6.45) is 3.83. The Bertz CT molecular complexity index is 1740. The SMILES string of the molecule is CC(=O)N[C@H](CSCC1=C(C)C=C2C(=O)[C@](C)(O)C3(CC3)C(C)=C21)C(=O)N[C@@H](Cc1ccccc1)C(=O)N[C@@H](CC(C)C)C(=O)N[C@@H](CC(C)C)C(=O)O. The van der Waals surface area contributed by atoms with Gasteiger partial charge in [-0.05, 0) is 86.6 Å². The molecule has 4 rings (SSSR count). The fourth-order valence-electron chi connectivity index (χ4n) is 7.58. The number of amides is 4. The van der Waals surface area contributed by atoms with E-state index in [0.717, 1.165) is 40.7 Å². The standard InChI is InChI=1S/C41H56N4O8S/c1-22(2)16-30(36(48)45-32(39(51)52)17-23(3)4)43-37(49)31(19-27-12-10-9-11-13-27)44-38(50)33(42-26(7)46)21-54-20-29-24(5)18-28-34(29)25(6)41(14-15-41)40(8,53)35(28)47/h9-13,18,22-23,30-33,53H,14-17,19-21H2,1-8H3,(H,42,46)(H,43,49)(H,44,50)(H,45,48)(H,51,52)/t30-,31-,32-,33+,40-/m0/s1. The van der Waals surface area contributed by atoms with Crippen LogP contribution in [-0.2, 0) is 35.2 Å². The Hall–Kier alpha value is -4.23. The van der Waals surface area contributed by atoms with E-state index in [9.17, 15) is 39.0 Å². The van der Waals surface area contributed by atoms with Crippen LogP contribution in [0.5, 0.6) is 0 Å². The van der Waals surface area contributed by atoms with Crippen molar-refractivity contribution < 1.29 is 39.0 Å². The number of rotatable bonds is 18. The normalized spacial score (nSPS) is 20.9. The summed E-state index contributed by atoms with van der Waals surface area (Å²) in [5.74, 6) is -3.14. The van der Waals surface area contributed by atoms with Crippen LogP contribution in [0, 0.1) is 17.3 Å². The van der Waals surface area contributed by atoms with Crippen molar-refractivity contribution in [3.63, 3.8) is 0 Å². The number of carboxylic acids is 1. The number of carboxylic acid groups (broad SMARTS) is 1. The summed E-state index contributed by atoms with van der Waals surface area (Å²) in [6.45, 7) is 14.3. The van der Waals surface area contributed by atoms with E-state index < -0.39 is 64.8 Å². The predicted octanol–water partition coefficient (Wildman–Crippen LogP) is 3.79. The lowest BCUT2D eigenvalue weighted by atomic mass is 9.67. The second-order valence-corrected chi connectivity index (χ2v) is 17.0. The number of hydrogen-bond acceptors (Lipinski definition) is 8. The van der Waals surface area contributed by atoms with Crippen molar-refractivity contribution >= 4 is 47.1 Å². The number of allylic oxidation sites excluding steroid dienone is 3. The van der Waals surface area contributed by atoms with Crippen LogP contribution >= 0.6 is 11.8 Å². The first-order chi connectivity index (χ1) is 25.3.